The Labute approximate surface area is 41.9 Å². The van der Waals surface area contributed by atoms with Gasteiger partial charge in [0.15, 0.2) is 0 Å². The maximum atomic E-state index is 5.46. The summed E-state index contributed by atoms with van der Waals surface area (Å²) in [7, 11) is 0. The molecular formula is C3H4ClS. The van der Waals surface area contributed by atoms with Crippen LogP contribution in [0.15, 0.2) is 0 Å². The molecular weight excluding hydrogens is 104 g/mol. The third-order valence-electron chi connectivity index (χ3n) is 0.643. The van der Waals surface area contributed by atoms with E-state index in [0.29, 0.717) is 0 Å². The van der Waals surface area contributed by atoms with Gasteiger partial charge in [-0.2, -0.15) is 0 Å². The summed E-state index contributed by atoms with van der Waals surface area (Å²) in [4.78, 5) is 0. The Kier molecular flexibility index (Phi) is 0.629. The summed E-state index contributed by atoms with van der Waals surface area (Å²) >= 11 is 10.2. The standard InChI is InChI=1S/C3H4ClS/c4-3(5)1-2-3/h1-2H2. The van der Waals surface area contributed by atoms with Crippen molar-refractivity contribution in [3.63, 3.8) is 0 Å². The van der Waals surface area contributed by atoms with E-state index in [9.17, 15) is 0 Å². The van der Waals surface area contributed by atoms with Crippen molar-refractivity contribution in [1.29, 1.82) is 0 Å². The van der Waals surface area contributed by atoms with E-state index < -0.39 is 0 Å². The molecule has 1 rings (SSSR count). The summed E-state index contributed by atoms with van der Waals surface area (Å²) < 4.78 is -0.194. The van der Waals surface area contributed by atoms with Crippen LogP contribution < -0.4 is 0 Å². The number of hydrogen-bond acceptors (Lipinski definition) is 0. The number of hydrogen-bond donors (Lipinski definition) is 0. The summed E-state index contributed by atoms with van der Waals surface area (Å²) in [5, 5.41) is 0. The van der Waals surface area contributed by atoms with Crippen LogP contribution in [0, 0.1) is 0 Å². The molecule has 0 aliphatic heterocycles. The van der Waals surface area contributed by atoms with Crippen molar-refractivity contribution in [1.82, 2.24) is 0 Å². The fraction of sp³-hybridized carbons (Fsp3) is 1.00. The second-order valence-corrected chi connectivity index (χ2v) is 3.11. The van der Waals surface area contributed by atoms with Crippen molar-refractivity contribution in [3.05, 3.63) is 0 Å². The van der Waals surface area contributed by atoms with Gasteiger partial charge in [0.05, 0.1) is 0 Å². The number of halogens is 1. The molecule has 1 saturated carbocycles. The van der Waals surface area contributed by atoms with Crippen LogP contribution in [0.1, 0.15) is 12.8 Å². The molecule has 29 valence electrons. The van der Waals surface area contributed by atoms with E-state index in [1.807, 2.05) is 0 Å². The Morgan fingerprint density at radius 2 is 1.80 bits per heavy atom. The minimum absolute atomic E-state index is 0.194. The van der Waals surface area contributed by atoms with Crippen molar-refractivity contribution in [2.75, 3.05) is 0 Å². The maximum Gasteiger partial charge on any atom is 0.100 e. The van der Waals surface area contributed by atoms with Crippen LogP contribution in [0.25, 0.3) is 0 Å². The van der Waals surface area contributed by atoms with Crippen LogP contribution in [0.5, 0.6) is 0 Å². The van der Waals surface area contributed by atoms with Gasteiger partial charge in [0.2, 0.25) is 0 Å². The van der Waals surface area contributed by atoms with Crippen molar-refractivity contribution < 1.29 is 0 Å². The summed E-state index contributed by atoms with van der Waals surface area (Å²) in [6.07, 6.45) is 2.06. The fourth-order valence-electron chi connectivity index (χ4n) is 0.0983. The lowest BCUT2D eigenvalue weighted by atomic mass is 11.0. The highest BCUT2D eigenvalue weighted by Gasteiger charge is 2.36. The molecule has 0 nitrogen and oxygen atoms in total. The maximum absolute atomic E-state index is 5.46. The summed E-state index contributed by atoms with van der Waals surface area (Å²) in [6.45, 7) is 0. The quantitative estimate of drug-likeness (QED) is 0.415. The molecule has 0 heterocycles. The van der Waals surface area contributed by atoms with Crippen molar-refractivity contribution in [3.8, 4) is 0 Å². The molecule has 0 N–H and O–H groups in total. The SMILES string of the molecule is [S]C1(Cl)CC1. The lowest BCUT2D eigenvalue weighted by molar-refractivity contribution is 1.40. The Balaban J connectivity index is 2.38. The first-order valence-electron chi connectivity index (χ1n) is 1.60. The van der Waals surface area contributed by atoms with Gasteiger partial charge >= 0.3 is 0 Å². The Morgan fingerprint density at radius 3 is 1.80 bits per heavy atom. The van der Waals surface area contributed by atoms with Gasteiger partial charge in [-0.05, 0) is 12.8 Å². The van der Waals surface area contributed by atoms with Crippen LogP contribution in [-0.2, 0) is 0 Å². The highest BCUT2D eigenvalue weighted by Crippen LogP contribution is 2.45. The van der Waals surface area contributed by atoms with Gasteiger partial charge in [-0.3, -0.25) is 0 Å². The van der Waals surface area contributed by atoms with Crippen LogP contribution in [0.4, 0.5) is 0 Å². The monoisotopic (exact) mass is 107 g/mol. The topological polar surface area (TPSA) is 0 Å². The zero-order chi connectivity index (χ0) is 3.91. The Bertz CT molecular complexity index is 44.9. The summed E-state index contributed by atoms with van der Waals surface area (Å²) in [5.74, 6) is 0. The van der Waals surface area contributed by atoms with Crippen LogP contribution in [-0.4, -0.2) is 4.21 Å². The zero-order valence-electron chi connectivity index (χ0n) is 2.70. The highest BCUT2D eigenvalue weighted by atomic mass is 35.5. The molecule has 1 radical (unpaired) electrons. The third kappa shape index (κ3) is 1.02. The summed E-state index contributed by atoms with van der Waals surface area (Å²) in [5.41, 5.74) is 0. The van der Waals surface area contributed by atoms with Gasteiger partial charge in [0, 0.05) is 0 Å². The first-order chi connectivity index (χ1) is 2.21. The molecule has 0 aromatic rings. The van der Waals surface area contributed by atoms with Gasteiger partial charge in [-0.15, -0.1) is 11.6 Å². The molecule has 2 heteroatoms. The first-order valence-corrected chi connectivity index (χ1v) is 2.39. The molecule has 0 atom stereocenters. The molecule has 1 fully saturated rings. The Hall–Kier alpha value is 0.640. The highest BCUT2D eigenvalue weighted by molar-refractivity contribution is 7.83. The molecule has 0 spiro atoms. The molecule has 1 aliphatic rings. The van der Waals surface area contributed by atoms with Crippen LogP contribution >= 0.6 is 24.2 Å². The van der Waals surface area contributed by atoms with E-state index in [0.717, 1.165) is 12.8 Å². The van der Waals surface area contributed by atoms with Crippen molar-refractivity contribution in [2.24, 2.45) is 0 Å². The lowest BCUT2D eigenvalue weighted by Crippen LogP contribution is -1.73. The van der Waals surface area contributed by atoms with E-state index >= 15 is 0 Å². The van der Waals surface area contributed by atoms with Gasteiger partial charge in [0.1, 0.15) is 4.21 Å². The van der Waals surface area contributed by atoms with E-state index in [1.165, 1.54) is 0 Å². The molecule has 0 unspecified atom stereocenters. The normalized spacial score (nSPS) is 30.0. The predicted octanol–water partition coefficient (Wildman–Crippen LogP) is 1.91. The van der Waals surface area contributed by atoms with E-state index in [2.05, 4.69) is 0 Å². The van der Waals surface area contributed by atoms with E-state index in [4.69, 9.17) is 24.2 Å². The summed E-state index contributed by atoms with van der Waals surface area (Å²) in [6, 6.07) is 0. The van der Waals surface area contributed by atoms with E-state index in [1.54, 1.807) is 0 Å². The minimum atomic E-state index is -0.194. The molecule has 0 aromatic heterocycles. The average Bonchev–Trinajstić information content (AvgIpc) is 1.76. The second-order valence-electron chi connectivity index (χ2n) is 1.38. The van der Waals surface area contributed by atoms with E-state index in [-0.39, 0.29) is 4.21 Å². The molecule has 0 amide bonds. The molecule has 0 saturated heterocycles. The molecule has 5 heavy (non-hydrogen) atoms. The lowest BCUT2D eigenvalue weighted by Gasteiger charge is -1.79. The Morgan fingerprint density at radius 1 is 1.60 bits per heavy atom. The molecule has 0 bridgehead atoms. The van der Waals surface area contributed by atoms with Crippen LogP contribution in [0.2, 0.25) is 0 Å². The average molecular weight is 108 g/mol. The van der Waals surface area contributed by atoms with Crippen molar-refractivity contribution in [2.45, 2.75) is 17.0 Å². The van der Waals surface area contributed by atoms with Crippen molar-refractivity contribution >= 4 is 24.2 Å². The van der Waals surface area contributed by atoms with Gasteiger partial charge in [0.25, 0.3) is 0 Å². The minimum Gasteiger partial charge on any atom is -0.106 e. The molecule has 0 aromatic carbocycles. The second kappa shape index (κ2) is 0.824. The van der Waals surface area contributed by atoms with Gasteiger partial charge in [-0.1, -0.05) is 12.6 Å². The largest absolute Gasteiger partial charge is 0.106 e. The number of rotatable bonds is 0. The first kappa shape index (κ1) is 3.82. The third-order valence-corrected chi connectivity index (χ3v) is 1.43. The smallest absolute Gasteiger partial charge is 0.100 e. The van der Waals surface area contributed by atoms with Crippen LogP contribution in [0.3, 0.4) is 0 Å². The van der Waals surface area contributed by atoms with Gasteiger partial charge < -0.3 is 0 Å². The fourth-order valence-corrected chi connectivity index (χ4v) is 0.295. The zero-order valence-corrected chi connectivity index (χ0v) is 4.27. The van der Waals surface area contributed by atoms with Gasteiger partial charge in [-0.25, -0.2) is 0 Å². The molecule has 1 aliphatic carbocycles. The predicted molar refractivity (Wildman–Crippen MR) is 25.4 cm³/mol. The number of alkyl halides is 1.